The van der Waals surface area contributed by atoms with Crippen LogP contribution >= 0.6 is 47.8 Å². The first-order valence-corrected chi connectivity index (χ1v) is 8.19. The standard InChI is InChI=1S/C14H13Br3N2/c1-8-5-11(7-18-14(8)17)19-9(2)12-4-3-10(15)6-13(12)16/h3-7,9,19H,1-2H3. The van der Waals surface area contributed by atoms with Crippen LogP contribution in [0.3, 0.4) is 0 Å². The molecule has 0 amide bonds. The number of aryl methyl sites for hydroxylation is 1. The van der Waals surface area contributed by atoms with Crippen LogP contribution in [0.4, 0.5) is 5.69 Å². The molecule has 0 saturated heterocycles. The number of benzene rings is 1. The van der Waals surface area contributed by atoms with Crippen LogP contribution in [0, 0.1) is 6.92 Å². The van der Waals surface area contributed by atoms with Gasteiger partial charge in [0.1, 0.15) is 4.60 Å². The molecule has 2 nitrogen and oxygen atoms in total. The second-order valence-corrected chi connectivity index (χ2v) is 6.88. The molecule has 100 valence electrons. The third-order valence-electron chi connectivity index (χ3n) is 2.83. The number of pyridine rings is 1. The van der Waals surface area contributed by atoms with Crippen LogP contribution in [0.1, 0.15) is 24.1 Å². The van der Waals surface area contributed by atoms with Gasteiger partial charge in [-0.1, -0.05) is 37.9 Å². The van der Waals surface area contributed by atoms with Gasteiger partial charge in [0.05, 0.1) is 11.9 Å². The number of nitrogens with one attached hydrogen (secondary N) is 1. The minimum Gasteiger partial charge on any atom is -0.377 e. The summed E-state index contributed by atoms with van der Waals surface area (Å²) in [6.45, 7) is 4.16. The van der Waals surface area contributed by atoms with Crippen molar-refractivity contribution in [2.45, 2.75) is 19.9 Å². The van der Waals surface area contributed by atoms with Crippen molar-refractivity contribution in [3.63, 3.8) is 0 Å². The smallest absolute Gasteiger partial charge is 0.109 e. The van der Waals surface area contributed by atoms with Gasteiger partial charge in [-0.2, -0.15) is 0 Å². The van der Waals surface area contributed by atoms with Crippen LogP contribution in [-0.4, -0.2) is 4.98 Å². The second kappa shape index (κ2) is 6.37. The third kappa shape index (κ3) is 3.80. The first-order valence-electron chi connectivity index (χ1n) is 5.81. The summed E-state index contributed by atoms with van der Waals surface area (Å²) in [4.78, 5) is 4.30. The van der Waals surface area contributed by atoms with E-state index in [4.69, 9.17) is 0 Å². The van der Waals surface area contributed by atoms with E-state index in [-0.39, 0.29) is 6.04 Å². The fourth-order valence-corrected chi connectivity index (χ4v) is 3.42. The lowest BCUT2D eigenvalue weighted by Crippen LogP contribution is -2.07. The van der Waals surface area contributed by atoms with Crippen molar-refractivity contribution in [1.29, 1.82) is 0 Å². The van der Waals surface area contributed by atoms with Gasteiger partial charge in [0.25, 0.3) is 0 Å². The van der Waals surface area contributed by atoms with Gasteiger partial charge in [0.2, 0.25) is 0 Å². The topological polar surface area (TPSA) is 24.9 Å². The molecule has 1 aromatic heterocycles. The summed E-state index contributed by atoms with van der Waals surface area (Å²) in [5, 5.41) is 3.46. The molecule has 0 bridgehead atoms. The van der Waals surface area contributed by atoms with Crippen molar-refractivity contribution in [3.8, 4) is 0 Å². The maximum atomic E-state index is 4.30. The van der Waals surface area contributed by atoms with E-state index in [1.807, 2.05) is 19.2 Å². The number of rotatable bonds is 3. The molecule has 0 fully saturated rings. The van der Waals surface area contributed by atoms with Crippen LogP contribution in [0.2, 0.25) is 0 Å². The molecule has 1 heterocycles. The normalized spacial score (nSPS) is 12.3. The number of anilines is 1. The Labute approximate surface area is 138 Å². The minimum atomic E-state index is 0.199. The van der Waals surface area contributed by atoms with Crippen molar-refractivity contribution >= 4 is 53.5 Å². The number of hydrogen-bond acceptors (Lipinski definition) is 2. The monoisotopic (exact) mass is 446 g/mol. The first-order chi connectivity index (χ1) is 8.97. The molecule has 1 N–H and O–H groups in total. The van der Waals surface area contributed by atoms with Crippen LogP contribution in [0.5, 0.6) is 0 Å². The fourth-order valence-electron chi connectivity index (χ4n) is 1.82. The van der Waals surface area contributed by atoms with Crippen molar-refractivity contribution in [3.05, 3.63) is 55.1 Å². The van der Waals surface area contributed by atoms with Gasteiger partial charge in [-0.15, -0.1) is 0 Å². The Morgan fingerprint density at radius 3 is 2.53 bits per heavy atom. The minimum absolute atomic E-state index is 0.199. The fraction of sp³-hybridized carbons (Fsp3) is 0.214. The van der Waals surface area contributed by atoms with Gasteiger partial charge in [0, 0.05) is 15.0 Å². The van der Waals surface area contributed by atoms with E-state index >= 15 is 0 Å². The van der Waals surface area contributed by atoms with Crippen LogP contribution < -0.4 is 5.32 Å². The number of hydrogen-bond donors (Lipinski definition) is 1. The van der Waals surface area contributed by atoms with E-state index in [0.717, 1.165) is 24.8 Å². The molecule has 1 aromatic carbocycles. The lowest BCUT2D eigenvalue weighted by Gasteiger charge is -2.17. The van der Waals surface area contributed by atoms with E-state index in [1.165, 1.54) is 5.56 Å². The summed E-state index contributed by atoms with van der Waals surface area (Å²) < 4.78 is 3.04. The highest BCUT2D eigenvalue weighted by atomic mass is 79.9. The molecule has 0 aliphatic heterocycles. The second-order valence-electron chi connectivity index (χ2n) is 4.36. The van der Waals surface area contributed by atoms with E-state index in [9.17, 15) is 0 Å². The van der Waals surface area contributed by atoms with Crippen LogP contribution in [-0.2, 0) is 0 Å². The van der Waals surface area contributed by atoms with E-state index < -0.39 is 0 Å². The SMILES string of the molecule is Cc1cc(NC(C)c2ccc(Br)cc2Br)cnc1Br. The Bertz CT molecular complexity index is 599. The summed E-state index contributed by atoms with van der Waals surface area (Å²) >= 11 is 10.5. The molecule has 2 rings (SSSR count). The Kier molecular flexibility index (Phi) is 5.03. The average Bonchev–Trinajstić information content (AvgIpc) is 2.33. The molecule has 2 aromatic rings. The molecule has 0 spiro atoms. The Hall–Kier alpha value is -0.390. The molecule has 5 heteroatoms. The summed E-state index contributed by atoms with van der Waals surface area (Å²) in [6.07, 6.45) is 1.83. The maximum Gasteiger partial charge on any atom is 0.109 e. The van der Waals surface area contributed by atoms with Crippen molar-refractivity contribution in [2.24, 2.45) is 0 Å². The number of aromatic nitrogens is 1. The molecule has 1 unspecified atom stereocenters. The van der Waals surface area contributed by atoms with Gasteiger partial charge in [-0.05, 0) is 59.1 Å². The van der Waals surface area contributed by atoms with Crippen molar-refractivity contribution in [1.82, 2.24) is 4.98 Å². The molecule has 0 aliphatic carbocycles. The van der Waals surface area contributed by atoms with Gasteiger partial charge < -0.3 is 5.32 Å². The Balaban J connectivity index is 2.20. The quantitative estimate of drug-likeness (QED) is 0.595. The predicted molar refractivity (Wildman–Crippen MR) is 90.6 cm³/mol. The zero-order valence-electron chi connectivity index (χ0n) is 10.5. The lowest BCUT2D eigenvalue weighted by molar-refractivity contribution is 0.875. The highest BCUT2D eigenvalue weighted by Crippen LogP contribution is 2.29. The molecule has 19 heavy (non-hydrogen) atoms. The number of nitrogens with zero attached hydrogens (tertiary/aromatic N) is 1. The Morgan fingerprint density at radius 2 is 1.89 bits per heavy atom. The van der Waals surface area contributed by atoms with Gasteiger partial charge in [-0.3, -0.25) is 0 Å². The van der Waals surface area contributed by atoms with Crippen molar-refractivity contribution in [2.75, 3.05) is 5.32 Å². The third-order valence-corrected chi connectivity index (χ3v) is 4.84. The van der Waals surface area contributed by atoms with Gasteiger partial charge >= 0.3 is 0 Å². The van der Waals surface area contributed by atoms with Gasteiger partial charge in [-0.25, -0.2) is 4.98 Å². The zero-order chi connectivity index (χ0) is 14.0. The van der Waals surface area contributed by atoms with E-state index in [0.29, 0.717) is 0 Å². The molecular formula is C14H13Br3N2. The predicted octanol–water partition coefficient (Wildman–Crippen LogP) is 5.85. The number of halogens is 3. The maximum absolute atomic E-state index is 4.30. The zero-order valence-corrected chi connectivity index (χ0v) is 15.3. The highest BCUT2D eigenvalue weighted by Gasteiger charge is 2.10. The lowest BCUT2D eigenvalue weighted by atomic mass is 10.1. The van der Waals surface area contributed by atoms with E-state index in [1.54, 1.807) is 0 Å². The Morgan fingerprint density at radius 1 is 1.16 bits per heavy atom. The molecule has 0 aliphatic rings. The molecule has 0 saturated carbocycles. The summed E-state index contributed by atoms with van der Waals surface area (Å²) in [5.41, 5.74) is 3.35. The van der Waals surface area contributed by atoms with Crippen LogP contribution in [0.25, 0.3) is 0 Å². The highest BCUT2D eigenvalue weighted by molar-refractivity contribution is 9.11. The molecule has 1 atom stereocenters. The molecular weight excluding hydrogens is 436 g/mol. The van der Waals surface area contributed by atoms with E-state index in [2.05, 4.69) is 83.2 Å². The first kappa shape index (κ1) is 15.0. The average molecular weight is 449 g/mol. The summed E-state index contributed by atoms with van der Waals surface area (Å²) in [6, 6.07) is 8.48. The van der Waals surface area contributed by atoms with Crippen molar-refractivity contribution < 1.29 is 0 Å². The largest absolute Gasteiger partial charge is 0.377 e. The van der Waals surface area contributed by atoms with Gasteiger partial charge in [0.15, 0.2) is 0 Å². The molecule has 0 radical (unpaired) electrons. The summed E-state index contributed by atoms with van der Waals surface area (Å²) in [5.74, 6) is 0. The van der Waals surface area contributed by atoms with Crippen LogP contribution in [0.15, 0.2) is 44.0 Å². The summed E-state index contributed by atoms with van der Waals surface area (Å²) in [7, 11) is 0.